The Morgan fingerprint density at radius 2 is 1.75 bits per heavy atom. The molecule has 0 bridgehead atoms. The van der Waals surface area contributed by atoms with Gasteiger partial charge in [-0.2, -0.15) is 0 Å². The van der Waals surface area contributed by atoms with Gasteiger partial charge in [0.05, 0.1) is 10.4 Å². The van der Waals surface area contributed by atoms with Crippen molar-refractivity contribution in [3.8, 4) is 0 Å². The van der Waals surface area contributed by atoms with E-state index in [1.807, 2.05) is 6.92 Å². The van der Waals surface area contributed by atoms with E-state index in [2.05, 4.69) is 10.6 Å². The van der Waals surface area contributed by atoms with Crippen LogP contribution in [0.1, 0.15) is 20.3 Å². The Kier molecular flexibility index (Phi) is 5.73. The number of hydrogen-bond donors (Lipinski definition) is 4. The molecule has 0 aromatic rings. The van der Waals surface area contributed by atoms with E-state index in [1.165, 1.54) is 0 Å². The highest BCUT2D eigenvalue weighted by Gasteiger charge is 2.34. The van der Waals surface area contributed by atoms with E-state index < -0.39 is 11.4 Å². The predicted molar refractivity (Wildman–Crippen MR) is 65.8 cm³/mol. The first kappa shape index (κ1) is 14.6. The molecule has 0 fully saturated rings. The molecule has 0 saturated carbocycles. The maximum atomic E-state index is 11.8. The Hall–Kier alpha value is -1.37. The van der Waals surface area contributed by atoms with Crippen LogP contribution in [0.2, 0.25) is 0 Å². The van der Waals surface area contributed by atoms with Crippen molar-refractivity contribution in [1.29, 1.82) is 0 Å². The second kappa shape index (κ2) is 6.26. The van der Waals surface area contributed by atoms with Gasteiger partial charge in [-0.3, -0.25) is 4.79 Å². The number of rotatable bonds is 6. The molecule has 0 heterocycles. The highest BCUT2D eigenvalue weighted by Crippen LogP contribution is 2.21. The quantitative estimate of drug-likeness (QED) is 0.373. The molecule has 0 aliphatic rings. The summed E-state index contributed by atoms with van der Waals surface area (Å²) >= 11 is 4.85. The summed E-state index contributed by atoms with van der Waals surface area (Å²) in [6.07, 6.45) is 0.525. The second-order valence-corrected chi connectivity index (χ2v) is 4.04. The maximum Gasteiger partial charge on any atom is 0.312 e. The van der Waals surface area contributed by atoms with E-state index in [1.54, 1.807) is 6.92 Å². The van der Waals surface area contributed by atoms with Crippen LogP contribution in [0.5, 0.6) is 0 Å². The SMILES string of the molecule is CCC(C)(C(=O)NCCNC(N)=O)C(N)=S. The third-order valence-electron chi connectivity index (χ3n) is 2.46. The number of carbonyl (C=O) groups excluding carboxylic acids is 2. The van der Waals surface area contributed by atoms with Crippen LogP contribution in [-0.2, 0) is 4.79 Å². The van der Waals surface area contributed by atoms with Crippen molar-refractivity contribution < 1.29 is 9.59 Å². The molecule has 6 N–H and O–H groups in total. The zero-order chi connectivity index (χ0) is 12.8. The topological polar surface area (TPSA) is 110 Å². The number of urea groups is 1. The molecule has 6 nitrogen and oxygen atoms in total. The van der Waals surface area contributed by atoms with Crippen molar-refractivity contribution in [2.75, 3.05) is 13.1 Å². The molecule has 16 heavy (non-hydrogen) atoms. The summed E-state index contributed by atoms with van der Waals surface area (Å²) in [5.74, 6) is -0.242. The Bertz CT molecular complexity index is 295. The lowest BCUT2D eigenvalue weighted by Gasteiger charge is -2.25. The normalized spacial score (nSPS) is 13.6. The Labute approximate surface area is 100 Å². The lowest BCUT2D eigenvalue weighted by Crippen LogP contribution is -2.48. The van der Waals surface area contributed by atoms with Gasteiger partial charge in [0.2, 0.25) is 5.91 Å². The largest absolute Gasteiger partial charge is 0.392 e. The third kappa shape index (κ3) is 4.01. The molecule has 0 aromatic carbocycles. The molecule has 0 aliphatic carbocycles. The second-order valence-electron chi connectivity index (χ2n) is 3.60. The van der Waals surface area contributed by atoms with Crippen LogP contribution in [0.3, 0.4) is 0 Å². The molecular formula is C9H18N4O2S. The Morgan fingerprint density at radius 1 is 1.25 bits per heavy atom. The van der Waals surface area contributed by atoms with Gasteiger partial charge in [0.1, 0.15) is 0 Å². The lowest BCUT2D eigenvalue weighted by atomic mass is 9.86. The van der Waals surface area contributed by atoms with E-state index in [0.717, 1.165) is 0 Å². The van der Waals surface area contributed by atoms with Gasteiger partial charge >= 0.3 is 6.03 Å². The van der Waals surface area contributed by atoms with E-state index in [4.69, 9.17) is 23.7 Å². The zero-order valence-corrected chi connectivity index (χ0v) is 10.3. The minimum absolute atomic E-state index is 0.162. The number of hydrogen-bond acceptors (Lipinski definition) is 3. The molecule has 0 spiro atoms. The van der Waals surface area contributed by atoms with Crippen LogP contribution in [0.15, 0.2) is 0 Å². The van der Waals surface area contributed by atoms with Gasteiger partial charge in [0, 0.05) is 13.1 Å². The summed E-state index contributed by atoms with van der Waals surface area (Å²) in [4.78, 5) is 22.3. The molecule has 0 aromatic heterocycles. The number of amides is 3. The first-order valence-corrected chi connectivity index (χ1v) is 5.37. The molecule has 0 aliphatic heterocycles. The average molecular weight is 246 g/mol. The highest BCUT2D eigenvalue weighted by atomic mass is 32.1. The number of nitrogens with two attached hydrogens (primary N) is 2. The minimum Gasteiger partial charge on any atom is -0.392 e. The van der Waals surface area contributed by atoms with Gasteiger partial charge in [-0.15, -0.1) is 0 Å². The van der Waals surface area contributed by atoms with Crippen LogP contribution in [0.25, 0.3) is 0 Å². The molecular weight excluding hydrogens is 228 g/mol. The molecule has 1 atom stereocenters. The van der Waals surface area contributed by atoms with E-state index in [0.29, 0.717) is 13.0 Å². The summed E-state index contributed by atoms with van der Waals surface area (Å²) in [5, 5.41) is 4.99. The summed E-state index contributed by atoms with van der Waals surface area (Å²) in [5.41, 5.74) is 9.54. The van der Waals surface area contributed by atoms with Gasteiger partial charge in [-0.05, 0) is 13.3 Å². The van der Waals surface area contributed by atoms with Gasteiger partial charge in [-0.25, -0.2) is 4.79 Å². The number of thiocarbonyl (C=S) groups is 1. The zero-order valence-electron chi connectivity index (χ0n) is 9.50. The fourth-order valence-electron chi connectivity index (χ4n) is 1.00. The van der Waals surface area contributed by atoms with Crippen molar-refractivity contribution in [3.63, 3.8) is 0 Å². The predicted octanol–water partition coefficient (Wildman–Crippen LogP) is -0.527. The van der Waals surface area contributed by atoms with Crippen molar-refractivity contribution in [2.45, 2.75) is 20.3 Å². The standard InChI is InChI=1S/C9H18N4O2S/c1-3-9(2,6(10)16)7(14)12-4-5-13-8(11)15/h3-5H2,1-2H3,(H2,10,16)(H,12,14)(H3,11,13,15). The van der Waals surface area contributed by atoms with E-state index in [9.17, 15) is 9.59 Å². The molecule has 7 heteroatoms. The fourth-order valence-corrected chi connectivity index (χ4v) is 1.24. The number of carbonyl (C=O) groups is 2. The van der Waals surface area contributed by atoms with Crippen molar-refractivity contribution in [3.05, 3.63) is 0 Å². The van der Waals surface area contributed by atoms with Gasteiger partial charge in [0.15, 0.2) is 0 Å². The van der Waals surface area contributed by atoms with Crippen molar-refractivity contribution >= 4 is 29.1 Å². The average Bonchev–Trinajstić information content (AvgIpc) is 2.22. The molecule has 1 unspecified atom stereocenters. The first-order valence-electron chi connectivity index (χ1n) is 4.96. The first-order chi connectivity index (χ1) is 7.34. The van der Waals surface area contributed by atoms with Gasteiger partial charge < -0.3 is 22.1 Å². The molecule has 0 rings (SSSR count). The van der Waals surface area contributed by atoms with Crippen molar-refractivity contribution in [2.24, 2.45) is 16.9 Å². The number of nitrogens with one attached hydrogen (secondary N) is 2. The van der Waals surface area contributed by atoms with Crippen LogP contribution in [0.4, 0.5) is 4.79 Å². The summed E-state index contributed by atoms with van der Waals surface area (Å²) < 4.78 is 0. The molecule has 3 amide bonds. The van der Waals surface area contributed by atoms with Gasteiger partial charge in [-0.1, -0.05) is 19.1 Å². The Balaban J connectivity index is 4.14. The van der Waals surface area contributed by atoms with Gasteiger partial charge in [0.25, 0.3) is 0 Å². The van der Waals surface area contributed by atoms with Crippen LogP contribution >= 0.6 is 12.2 Å². The Morgan fingerprint density at radius 3 is 2.12 bits per heavy atom. The third-order valence-corrected chi connectivity index (χ3v) is 2.91. The highest BCUT2D eigenvalue weighted by molar-refractivity contribution is 7.80. The van der Waals surface area contributed by atoms with Crippen LogP contribution < -0.4 is 22.1 Å². The lowest BCUT2D eigenvalue weighted by molar-refractivity contribution is -0.126. The maximum absolute atomic E-state index is 11.8. The van der Waals surface area contributed by atoms with Crippen LogP contribution in [0, 0.1) is 5.41 Å². The monoisotopic (exact) mass is 246 g/mol. The molecule has 92 valence electrons. The summed E-state index contributed by atoms with van der Waals surface area (Å²) in [7, 11) is 0. The van der Waals surface area contributed by atoms with Crippen molar-refractivity contribution in [1.82, 2.24) is 10.6 Å². The smallest absolute Gasteiger partial charge is 0.312 e. The van der Waals surface area contributed by atoms with E-state index in [-0.39, 0.29) is 17.4 Å². The minimum atomic E-state index is -0.845. The molecule has 0 saturated heterocycles. The fraction of sp³-hybridized carbons (Fsp3) is 0.667. The molecule has 0 radical (unpaired) electrons. The summed E-state index contributed by atoms with van der Waals surface area (Å²) in [6.45, 7) is 4.09. The number of primary amides is 1. The van der Waals surface area contributed by atoms with Crippen LogP contribution in [-0.4, -0.2) is 30.0 Å². The van der Waals surface area contributed by atoms with E-state index >= 15 is 0 Å². The summed E-state index contributed by atoms with van der Waals surface area (Å²) in [6, 6.07) is -0.623.